The summed E-state index contributed by atoms with van der Waals surface area (Å²) in [5.74, 6) is 0.396. The van der Waals surface area contributed by atoms with E-state index in [1.807, 2.05) is 17.8 Å². The maximum absolute atomic E-state index is 9.92. The Morgan fingerprint density at radius 2 is 2.17 bits per heavy atom. The molecule has 1 aliphatic carbocycles. The molecule has 1 fully saturated rings. The molecule has 1 aromatic carbocycles. The lowest BCUT2D eigenvalue weighted by Gasteiger charge is -2.41. The molecule has 100 valence electrons. The predicted molar refractivity (Wildman–Crippen MR) is 79.4 cm³/mol. The fourth-order valence-electron chi connectivity index (χ4n) is 2.49. The van der Waals surface area contributed by atoms with Crippen molar-refractivity contribution >= 4 is 11.8 Å². The molecule has 0 heterocycles. The van der Waals surface area contributed by atoms with Gasteiger partial charge in [-0.3, -0.25) is 0 Å². The van der Waals surface area contributed by atoms with Crippen LogP contribution in [-0.2, 0) is 0 Å². The number of thioether (sulfide) groups is 1. The Kier molecular flexibility index (Phi) is 4.23. The highest BCUT2D eigenvalue weighted by atomic mass is 32.2. The van der Waals surface area contributed by atoms with Crippen LogP contribution < -0.4 is 5.32 Å². The van der Waals surface area contributed by atoms with Crippen LogP contribution >= 0.6 is 11.8 Å². The number of phenols is 1. The summed E-state index contributed by atoms with van der Waals surface area (Å²) in [7, 11) is 0. The molecule has 0 spiro atoms. The Bertz CT molecular complexity index is 409. The molecule has 0 radical (unpaired) electrons. The molecule has 0 amide bonds. The van der Waals surface area contributed by atoms with Crippen molar-refractivity contribution in [3.05, 3.63) is 29.3 Å². The Balaban J connectivity index is 1.99. The van der Waals surface area contributed by atoms with Gasteiger partial charge in [-0.25, -0.2) is 0 Å². The average molecular weight is 265 g/mol. The zero-order valence-electron chi connectivity index (χ0n) is 11.5. The normalized spacial score (nSPS) is 19.3. The molecule has 0 aliphatic heterocycles. The van der Waals surface area contributed by atoms with Gasteiger partial charge in [0.1, 0.15) is 5.75 Å². The number of phenolic OH excluding ortho intramolecular Hbond substituents is 1. The number of hydrogen-bond donors (Lipinski definition) is 2. The lowest BCUT2D eigenvalue weighted by atomic mass is 9.84. The molecule has 1 saturated carbocycles. The molecule has 1 aromatic rings. The third kappa shape index (κ3) is 2.83. The van der Waals surface area contributed by atoms with E-state index >= 15 is 0 Å². The first kappa shape index (κ1) is 13.8. The van der Waals surface area contributed by atoms with Gasteiger partial charge in [0.15, 0.2) is 0 Å². The predicted octanol–water partition coefficient (Wildman–Crippen LogP) is 3.64. The summed E-state index contributed by atoms with van der Waals surface area (Å²) >= 11 is 1.98. The molecule has 0 bridgehead atoms. The number of aryl methyl sites for hydroxylation is 1. The van der Waals surface area contributed by atoms with Crippen molar-refractivity contribution in [1.82, 2.24) is 5.32 Å². The van der Waals surface area contributed by atoms with Crippen LogP contribution in [0.5, 0.6) is 5.75 Å². The van der Waals surface area contributed by atoms with E-state index in [-0.39, 0.29) is 6.04 Å². The number of nitrogens with one attached hydrogen (secondary N) is 1. The second-order valence-corrected chi connectivity index (χ2v) is 6.68. The van der Waals surface area contributed by atoms with E-state index in [0.29, 0.717) is 10.5 Å². The highest BCUT2D eigenvalue weighted by Crippen LogP contribution is 2.42. The molecule has 0 saturated heterocycles. The van der Waals surface area contributed by atoms with Gasteiger partial charge in [-0.15, -0.1) is 0 Å². The topological polar surface area (TPSA) is 32.3 Å². The summed E-state index contributed by atoms with van der Waals surface area (Å²) in [6.07, 6.45) is 6.18. The Morgan fingerprint density at radius 3 is 2.72 bits per heavy atom. The summed E-state index contributed by atoms with van der Waals surface area (Å²) in [4.78, 5) is 0. The van der Waals surface area contributed by atoms with Crippen molar-refractivity contribution in [3.63, 3.8) is 0 Å². The standard InChI is InChI=1S/C15H23NOS/c1-11-5-6-14(17)13(9-11)12(2)16-10-15(18-3)7-4-8-15/h5-6,9,12,16-17H,4,7-8,10H2,1-3H3. The minimum absolute atomic E-state index is 0.203. The third-order valence-corrected chi connectivity index (χ3v) is 5.50. The number of benzene rings is 1. The van der Waals surface area contributed by atoms with Crippen LogP contribution in [0.2, 0.25) is 0 Å². The minimum Gasteiger partial charge on any atom is -0.508 e. The van der Waals surface area contributed by atoms with E-state index in [0.717, 1.165) is 12.1 Å². The second kappa shape index (κ2) is 5.54. The van der Waals surface area contributed by atoms with E-state index in [1.54, 1.807) is 6.07 Å². The largest absolute Gasteiger partial charge is 0.508 e. The highest BCUT2D eigenvalue weighted by Gasteiger charge is 2.36. The van der Waals surface area contributed by atoms with E-state index < -0.39 is 0 Å². The van der Waals surface area contributed by atoms with Crippen LogP contribution in [0.25, 0.3) is 0 Å². The zero-order chi connectivity index (χ0) is 13.2. The van der Waals surface area contributed by atoms with E-state index in [1.165, 1.54) is 24.8 Å². The summed E-state index contributed by atoms with van der Waals surface area (Å²) in [6.45, 7) is 5.22. The van der Waals surface area contributed by atoms with Gasteiger partial charge in [-0.05, 0) is 39.0 Å². The highest BCUT2D eigenvalue weighted by molar-refractivity contribution is 8.00. The van der Waals surface area contributed by atoms with Crippen LogP contribution in [0.3, 0.4) is 0 Å². The molecule has 2 nitrogen and oxygen atoms in total. The van der Waals surface area contributed by atoms with Crippen LogP contribution in [-0.4, -0.2) is 22.7 Å². The summed E-state index contributed by atoms with van der Waals surface area (Å²) < 4.78 is 0.438. The molecule has 0 aromatic heterocycles. The Labute approximate surface area is 114 Å². The van der Waals surface area contributed by atoms with Gasteiger partial charge in [0, 0.05) is 22.9 Å². The van der Waals surface area contributed by atoms with Gasteiger partial charge in [-0.1, -0.05) is 24.1 Å². The van der Waals surface area contributed by atoms with E-state index in [9.17, 15) is 5.11 Å². The maximum Gasteiger partial charge on any atom is 0.120 e. The monoisotopic (exact) mass is 265 g/mol. The molecule has 1 unspecified atom stereocenters. The summed E-state index contributed by atoms with van der Waals surface area (Å²) in [5.41, 5.74) is 2.20. The molecule has 1 atom stereocenters. The molecule has 3 heteroatoms. The van der Waals surface area contributed by atoms with Crippen LogP contribution in [0.1, 0.15) is 43.4 Å². The molecular weight excluding hydrogens is 242 g/mol. The molecule has 2 rings (SSSR count). The third-order valence-electron chi connectivity index (χ3n) is 4.08. The fraction of sp³-hybridized carbons (Fsp3) is 0.600. The van der Waals surface area contributed by atoms with Crippen LogP contribution in [0.15, 0.2) is 18.2 Å². The first-order valence-electron chi connectivity index (χ1n) is 6.64. The first-order chi connectivity index (χ1) is 8.56. The van der Waals surface area contributed by atoms with Gasteiger partial charge in [-0.2, -0.15) is 11.8 Å². The second-order valence-electron chi connectivity index (χ2n) is 5.41. The quantitative estimate of drug-likeness (QED) is 0.852. The van der Waals surface area contributed by atoms with Gasteiger partial charge in [0.25, 0.3) is 0 Å². The fourth-order valence-corrected chi connectivity index (χ4v) is 3.42. The minimum atomic E-state index is 0.203. The van der Waals surface area contributed by atoms with Crippen molar-refractivity contribution in [3.8, 4) is 5.75 Å². The number of hydrogen-bond acceptors (Lipinski definition) is 3. The van der Waals surface area contributed by atoms with Crippen LogP contribution in [0, 0.1) is 6.92 Å². The van der Waals surface area contributed by atoms with E-state index in [4.69, 9.17) is 0 Å². The van der Waals surface area contributed by atoms with E-state index in [2.05, 4.69) is 31.5 Å². The first-order valence-corrected chi connectivity index (χ1v) is 7.87. The van der Waals surface area contributed by atoms with Crippen molar-refractivity contribution in [2.24, 2.45) is 0 Å². The Morgan fingerprint density at radius 1 is 1.44 bits per heavy atom. The zero-order valence-corrected chi connectivity index (χ0v) is 12.3. The van der Waals surface area contributed by atoms with Crippen molar-refractivity contribution in [1.29, 1.82) is 0 Å². The van der Waals surface area contributed by atoms with Gasteiger partial charge in [0.05, 0.1) is 0 Å². The Hall–Kier alpha value is -0.670. The number of rotatable bonds is 5. The smallest absolute Gasteiger partial charge is 0.120 e. The molecule has 18 heavy (non-hydrogen) atoms. The lowest BCUT2D eigenvalue weighted by Crippen LogP contribution is -2.44. The van der Waals surface area contributed by atoms with Gasteiger partial charge < -0.3 is 10.4 Å². The average Bonchev–Trinajstić information content (AvgIpc) is 2.31. The summed E-state index contributed by atoms with van der Waals surface area (Å²) in [6, 6.07) is 6.01. The number of aromatic hydroxyl groups is 1. The SMILES string of the molecule is CSC1(CNC(C)c2cc(C)ccc2O)CCC1. The van der Waals surface area contributed by atoms with Gasteiger partial charge in [0.2, 0.25) is 0 Å². The molecular formula is C15H23NOS. The lowest BCUT2D eigenvalue weighted by molar-refractivity contribution is 0.332. The maximum atomic E-state index is 9.92. The summed E-state index contributed by atoms with van der Waals surface area (Å²) in [5, 5.41) is 13.5. The van der Waals surface area contributed by atoms with Crippen LogP contribution in [0.4, 0.5) is 0 Å². The molecule has 2 N–H and O–H groups in total. The van der Waals surface area contributed by atoms with Crippen molar-refractivity contribution in [2.45, 2.75) is 43.9 Å². The van der Waals surface area contributed by atoms with Gasteiger partial charge >= 0.3 is 0 Å². The molecule has 1 aliphatic rings. The van der Waals surface area contributed by atoms with Crippen molar-refractivity contribution < 1.29 is 5.11 Å². The van der Waals surface area contributed by atoms with Crippen molar-refractivity contribution in [2.75, 3.05) is 12.8 Å².